The van der Waals surface area contributed by atoms with Crippen LogP contribution in [0.15, 0.2) is 33.3 Å². The van der Waals surface area contributed by atoms with Gasteiger partial charge < -0.3 is 13.8 Å². The van der Waals surface area contributed by atoms with Gasteiger partial charge in [0.05, 0.1) is 19.6 Å². The highest BCUT2D eigenvalue weighted by molar-refractivity contribution is 5.54. The maximum absolute atomic E-state index is 14.2. The second-order valence-electron chi connectivity index (χ2n) is 7.32. The lowest BCUT2D eigenvalue weighted by Gasteiger charge is -2.27. The largest absolute Gasteiger partial charge is 0.404 e. The highest BCUT2D eigenvalue weighted by atomic mass is 19.4. The van der Waals surface area contributed by atoms with Crippen LogP contribution in [0.5, 0.6) is 0 Å². The zero-order valence-corrected chi connectivity index (χ0v) is 16.5. The molecule has 8 nitrogen and oxygen atoms in total. The lowest BCUT2D eigenvalue weighted by molar-refractivity contribution is -0.193. The van der Waals surface area contributed by atoms with Gasteiger partial charge in [-0.1, -0.05) is 22.4 Å². The van der Waals surface area contributed by atoms with Crippen LogP contribution in [-0.2, 0) is 23.1 Å². The standard InChI is InChI=1S/C19H19F4N5O3/c1-29-8-5-15-24-14(26-30-15)10-28-7-6-18(11-28,19(21,22)23)17-25-16(27-31-17)12-3-2-4-13(20)9-12/h2-4,9H,5-8,10-11H2,1H3. The van der Waals surface area contributed by atoms with E-state index >= 15 is 0 Å². The monoisotopic (exact) mass is 441 g/mol. The molecule has 0 N–H and O–H groups in total. The zero-order valence-electron chi connectivity index (χ0n) is 16.5. The van der Waals surface area contributed by atoms with Crippen molar-refractivity contribution >= 4 is 0 Å². The Morgan fingerprint density at radius 2 is 2.03 bits per heavy atom. The Hall–Kier alpha value is -2.86. The van der Waals surface area contributed by atoms with Gasteiger partial charge in [0, 0.05) is 25.8 Å². The number of ether oxygens (including phenoxy) is 1. The SMILES string of the molecule is COCCc1nc(CN2CCC(c3nc(-c4cccc(F)c4)no3)(C(F)(F)F)C2)no1. The molecule has 0 spiro atoms. The lowest BCUT2D eigenvalue weighted by atomic mass is 9.86. The van der Waals surface area contributed by atoms with Crippen LogP contribution in [0, 0.1) is 5.82 Å². The summed E-state index contributed by atoms with van der Waals surface area (Å²) in [6.45, 7) is 0.203. The summed E-state index contributed by atoms with van der Waals surface area (Å²) in [4.78, 5) is 9.71. The maximum Gasteiger partial charge on any atom is 0.404 e. The van der Waals surface area contributed by atoms with Crippen LogP contribution in [0.25, 0.3) is 11.4 Å². The van der Waals surface area contributed by atoms with E-state index in [9.17, 15) is 17.6 Å². The average molecular weight is 441 g/mol. The third-order valence-corrected chi connectivity index (χ3v) is 5.20. The van der Waals surface area contributed by atoms with Crippen molar-refractivity contribution in [1.29, 1.82) is 0 Å². The fraction of sp³-hybridized carbons (Fsp3) is 0.474. The average Bonchev–Trinajstić information content (AvgIpc) is 3.46. The quantitative estimate of drug-likeness (QED) is 0.517. The molecule has 31 heavy (non-hydrogen) atoms. The second-order valence-corrected chi connectivity index (χ2v) is 7.32. The number of nitrogens with zero attached hydrogens (tertiary/aromatic N) is 5. The Bertz CT molecular complexity index is 1040. The first-order chi connectivity index (χ1) is 14.8. The minimum absolute atomic E-state index is 0.0825. The number of aromatic nitrogens is 4. The van der Waals surface area contributed by atoms with Gasteiger partial charge in [-0.2, -0.15) is 23.1 Å². The lowest BCUT2D eigenvalue weighted by Crippen LogP contribution is -2.45. The molecule has 0 radical (unpaired) electrons. The number of methoxy groups -OCH3 is 1. The van der Waals surface area contributed by atoms with Crippen molar-refractivity contribution in [2.24, 2.45) is 0 Å². The minimum atomic E-state index is -4.63. The predicted octanol–water partition coefficient (Wildman–Crippen LogP) is 3.15. The van der Waals surface area contributed by atoms with E-state index in [1.807, 2.05) is 0 Å². The fourth-order valence-corrected chi connectivity index (χ4v) is 3.56. The van der Waals surface area contributed by atoms with Gasteiger partial charge in [-0.15, -0.1) is 0 Å². The predicted molar refractivity (Wildman–Crippen MR) is 97.2 cm³/mol. The van der Waals surface area contributed by atoms with Crippen molar-refractivity contribution in [3.05, 3.63) is 47.7 Å². The van der Waals surface area contributed by atoms with E-state index in [2.05, 4.69) is 20.3 Å². The molecule has 1 atom stereocenters. The van der Waals surface area contributed by atoms with E-state index < -0.39 is 29.8 Å². The number of benzene rings is 1. The molecular weight excluding hydrogens is 422 g/mol. The smallest absolute Gasteiger partial charge is 0.384 e. The zero-order chi connectivity index (χ0) is 22.1. The maximum atomic E-state index is 14.2. The van der Waals surface area contributed by atoms with Crippen LogP contribution in [0.1, 0.15) is 24.0 Å². The van der Waals surface area contributed by atoms with Gasteiger partial charge in [-0.25, -0.2) is 4.39 Å². The third kappa shape index (κ3) is 4.30. The van der Waals surface area contributed by atoms with Crippen LogP contribution in [0.2, 0.25) is 0 Å². The summed E-state index contributed by atoms with van der Waals surface area (Å²) >= 11 is 0. The van der Waals surface area contributed by atoms with Crippen molar-refractivity contribution in [2.75, 3.05) is 26.8 Å². The van der Waals surface area contributed by atoms with Crippen molar-refractivity contribution in [3.63, 3.8) is 0 Å². The van der Waals surface area contributed by atoms with E-state index in [1.165, 1.54) is 25.3 Å². The molecule has 4 rings (SSSR count). The molecule has 1 fully saturated rings. The Morgan fingerprint density at radius 3 is 2.77 bits per heavy atom. The third-order valence-electron chi connectivity index (χ3n) is 5.20. The van der Waals surface area contributed by atoms with Gasteiger partial charge in [-0.3, -0.25) is 4.90 Å². The van der Waals surface area contributed by atoms with Crippen LogP contribution in [-0.4, -0.2) is 58.2 Å². The Balaban J connectivity index is 1.54. The van der Waals surface area contributed by atoms with Crippen LogP contribution < -0.4 is 0 Å². The summed E-state index contributed by atoms with van der Waals surface area (Å²) in [6, 6.07) is 5.27. The Labute approximate surface area is 174 Å². The van der Waals surface area contributed by atoms with Gasteiger partial charge in [0.15, 0.2) is 11.2 Å². The first kappa shape index (κ1) is 21.4. The van der Waals surface area contributed by atoms with Crippen LogP contribution in [0.4, 0.5) is 17.6 Å². The molecule has 12 heteroatoms. The number of alkyl halides is 3. The molecule has 1 aliphatic rings. The number of halogens is 4. The molecule has 1 aliphatic heterocycles. The van der Waals surface area contributed by atoms with E-state index in [0.29, 0.717) is 18.9 Å². The molecule has 1 aromatic carbocycles. The van der Waals surface area contributed by atoms with Crippen molar-refractivity contribution < 1.29 is 31.3 Å². The van der Waals surface area contributed by atoms with E-state index in [0.717, 1.165) is 6.07 Å². The Morgan fingerprint density at radius 1 is 1.19 bits per heavy atom. The normalized spacial score (nSPS) is 19.9. The molecule has 3 aromatic rings. The summed E-state index contributed by atoms with van der Waals surface area (Å²) in [6.07, 6.45) is -4.48. The first-order valence-electron chi connectivity index (χ1n) is 9.50. The highest BCUT2D eigenvalue weighted by Crippen LogP contribution is 2.47. The molecule has 0 bridgehead atoms. The number of rotatable bonds is 7. The minimum Gasteiger partial charge on any atom is -0.384 e. The Kier molecular flexibility index (Phi) is 5.75. The van der Waals surface area contributed by atoms with Crippen LogP contribution in [0.3, 0.4) is 0 Å². The first-order valence-corrected chi connectivity index (χ1v) is 9.50. The molecule has 1 unspecified atom stereocenters. The summed E-state index contributed by atoms with van der Waals surface area (Å²) in [7, 11) is 1.54. The van der Waals surface area contributed by atoms with Gasteiger partial charge in [0.2, 0.25) is 17.6 Å². The molecule has 0 aliphatic carbocycles. The van der Waals surface area contributed by atoms with E-state index in [4.69, 9.17) is 13.8 Å². The van der Waals surface area contributed by atoms with Gasteiger partial charge in [0.25, 0.3) is 0 Å². The molecule has 1 saturated heterocycles. The fourth-order valence-electron chi connectivity index (χ4n) is 3.56. The van der Waals surface area contributed by atoms with Crippen molar-refractivity contribution in [2.45, 2.75) is 31.0 Å². The molecule has 2 aromatic heterocycles. The number of likely N-dealkylation sites (tertiary alicyclic amines) is 1. The number of hydrogen-bond acceptors (Lipinski definition) is 8. The molecule has 0 saturated carbocycles. The molecule has 166 valence electrons. The van der Waals surface area contributed by atoms with E-state index in [1.54, 1.807) is 4.90 Å². The van der Waals surface area contributed by atoms with Crippen LogP contribution >= 0.6 is 0 Å². The topological polar surface area (TPSA) is 90.3 Å². The van der Waals surface area contributed by atoms with E-state index in [-0.39, 0.29) is 36.7 Å². The molecule has 3 heterocycles. The van der Waals surface area contributed by atoms with Crippen molar-refractivity contribution in [3.8, 4) is 11.4 Å². The molecular formula is C19H19F4N5O3. The van der Waals surface area contributed by atoms with Gasteiger partial charge in [-0.05, 0) is 18.6 Å². The summed E-state index contributed by atoms with van der Waals surface area (Å²) in [5.74, 6) is -0.551. The summed E-state index contributed by atoms with van der Waals surface area (Å²) < 4.78 is 71.0. The molecule has 0 amide bonds. The summed E-state index contributed by atoms with van der Waals surface area (Å²) in [5, 5.41) is 7.46. The summed E-state index contributed by atoms with van der Waals surface area (Å²) in [5.41, 5.74) is -2.11. The van der Waals surface area contributed by atoms with Gasteiger partial charge in [0.1, 0.15) is 5.82 Å². The van der Waals surface area contributed by atoms with Crippen molar-refractivity contribution in [1.82, 2.24) is 25.2 Å². The second kappa shape index (κ2) is 8.35. The van der Waals surface area contributed by atoms with Gasteiger partial charge >= 0.3 is 6.18 Å². The number of hydrogen-bond donors (Lipinski definition) is 0. The highest BCUT2D eigenvalue weighted by Gasteiger charge is 2.62.